The number of primary amides is 1. The van der Waals surface area contributed by atoms with Crippen LogP contribution in [0, 0.1) is 0 Å². The molecule has 31 heavy (non-hydrogen) atoms. The van der Waals surface area contributed by atoms with Crippen molar-refractivity contribution in [2.75, 3.05) is 12.3 Å². The zero-order valence-electron chi connectivity index (χ0n) is 16.4. The third-order valence-corrected chi connectivity index (χ3v) is 6.21. The van der Waals surface area contributed by atoms with Crippen LogP contribution in [0.1, 0.15) is 15.9 Å². The number of carbonyl (C=O) groups excluding carboxylic acids is 2. The van der Waals surface area contributed by atoms with E-state index in [0.29, 0.717) is 17.8 Å². The third kappa shape index (κ3) is 3.06. The van der Waals surface area contributed by atoms with Gasteiger partial charge in [0, 0.05) is 34.8 Å². The molecular weight excluding hydrogens is 412 g/mol. The van der Waals surface area contributed by atoms with E-state index in [1.807, 2.05) is 29.6 Å². The maximum Gasteiger partial charge on any atom is 0.256 e. The van der Waals surface area contributed by atoms with E-state index < -0.39 is 5.91 Å². The fraction of sp³-hybridized carbons (Fsp3) is 0.0909. The number of nitrogens with zero attached hydrogens (tertiary/aromatic N) is 3. The molecule has 154 valence electrons. The van der Waals surface area contributed by atoms with Crippen molar-refractivity contribution in [1.82, 2.24) is 20.1 Å². The van der Waals surface area contributed by atoms with E-state index in [-0.39, 0.29) is 18.0 Å². The number of nitrogen functional groups attached to an aromatic ring is 1. The summed E-state index contributed by atoms with van der Waals surface area (Å²) >= 11 is 1.52. The summed E-state index contributed by atoms with van der Waals surface area (Å²) in [5, 5.41) is 11.1. The lowest BCUT2D eigenvalue weighted by atomic mass is 9.95. The summed E-state index contributed by atoms with van der Waals surface area (Å²) in [4.78, 5) is 30.3. The largest absolute Gasteiger partial charge is 0.398 e. The van der Waals surface area contributed by atoms with Crippen LogP contribution in [0.2, 0.25) is 0 Å². The minimum atomic E-state index is -0.628. The van der Waals surface area contributed by atoms with Gasteiger partial charge in [-0.05, 0) is 34.9 Å². The van der Waals surface area contributed by atoms with Gasteiger partial charge in [0.05, 0.1) is 17.6 Å². The molecule has 0 unspecified atom stereocenters. The highest BCUT2D eigenvalue weighted by molar-refractivity contribution is 7.13. The van der Waals surface area contributed by atoms with Crippen LogP contribution in [0.3, 0.4) is 0 Å². The van der Waals surface area contributed by atoms with E-state index in [0.717, 1.165) is 38.3 Å². The Labute approximate surface area is 181 Å². The Balaban J connectivity index is 1.60. The Kier molecular flexibility index (Phi) is 4.33. The Morgan fingerprint density at radius 1 is 1.29 bits per heavy atom. The van der Waals surface area contributed by atoms with Gasteiger partial charge in [-0.1, -0.05) is 18.7 Å². The van der Waals surface area contributed by atoms with Crippen LogP contribution in [0.5, 0.6) is 0 Å². The van der Waals surface area contributed by atoms with Gasteiger partial charge in [0.2, 0.25) is 5.91 Å². The fourth-order valence-corrected chi connectivity index (χ4v) is 4.53. The van der Waals surface area contributed by atoms with Crippen LogP contribution in [-0.4, -0.2) is 38.4 Å². The summed E-state index contributed by atoms with van der Waals surface area (Å²) in [6, 6.07) is 9.63. The van der Waals surface area contributed by atoms with Crippen LogP contribution in [0.4, 0.5) is 5.69 Å². The Hall–Kier alpha value is -3.98. The van der Waals surface area contributed by atoms with E-state index in [2.05, 4.69) is 21.8 Å². The number of aromatic amines is 1. The summed E-state index contributed by atoms with van der Waals surface area (Å²) in [5.41, 5.74) is 16.8. The second-order valence-electron chi connectivity index (χ2n) is 7.35. The molecule has 0 radical (unpaired) electrons. The molecule has 0 aliphatic carbocycles. The number of rotatable bonds is 5. The molecule has 2 aromatic carbocycles. The molecule has 1 aliphatic rings. The van der Waals surface area contributed by atoms with Gasteiger partial charge < -0.3 is 16.4 Å². The van der Waals surface area contributed by atoms with E-state index >= 15 is 0 Å². The number of aromatic nitrogens is 3. The van der Waals surface area contributed by atoms with E-state index in [9.17, 15) is 9.59 Å². The molecule has 2 amide bonds. The molecule has 5 rings (SSSR count). The van der Waals surface area contributed by atoms with Crippen molar-refractivity contribution in [2.45, 2.75) is 6.54 Å². The standard InChI is InChI=1S/C22H18N6O2S/c1-11(20(24)29)9-28-10-15-13(3-4-16(23)18(15)22(28)30)12-2-5-17-14(8-12)19(27-26-17)21-25-6-7-31-21/h2-8H,1,9-10,23H2,(H2,24,29)(H,26,27). The summed E-state index contributed by atoms with van der Waals surface area (Å²) in [6.45, 7) is 4.05. The number of hydrogen-bond acceptors (Lipinski definition) is 6. The number of H-pyrrole nitrogens is 1. The molecular formula is C22H18N6O2S. The predicted octanol–water partition coefficient (Wildman–Crippen LogP) is 2.93. The first-order valence-corrected chi connectivity index (χ1v) is 10.4. The zero-order valence-corrected chi connectivity index (χ0v) is 17.2. The number of nitrogens with one attached hydrogen (secondary N) is 1. The van der Waals surface area contributed by atoms with Crippen molar-refractivity contribution in [3.8, 4) is 21.8 Å². The van der Waals surface area contributed by atoms with Gasteiger partial charge in [0.15, 0.2) is 0 Å². The van der Waals surface area contributed by atoms with Crippen molar-refractivity contribution in [3.63, 3.8) is 0 Å². The Bertz CT molecular complexity index is 1370. The van der Waals surface area contributed by atoms with Crippen molar-refractivity contribution in [2.24, 2.45) is 5.73 Å². The summed E-state index contributed by atoms with van der Waals surface area (Å²) in [5.74, 6) is -0.860. The highest BCUT2D eigenvalue weighted by atomic mass is 32.1. The molecule has 1 aliphatic heterocycles. The second kappa shape index (κ2) is 7.06. The lowest BCUT2D eigenvalue weighted by molar-refractivity contribution is -0.114. The summed E-state index contributed by atoms with van der Waals surface area (Å²) in [7, 11) is 0. The van der Waals surface area contributed by atoms with Gasteiger partial charge in [-0.2, -0.15) is 5.10 Å². The van der Waals surface area contributed by atoms with Gasteiger partial charge in [0.25, 0.3) is 5.91 Å². The summed E-state index contributed by atoms with van der Waals surface area (Å²) in [6.07, 6.45) is 1.75. The molecule has 0 saturated heterocycles. The minimum Gasteiger partial charge on any atom is -0.398 e. The second-order valence-corrected chi connectivity index (χ2v) is 8.25. The van der Waals surface area contributed by atoms with Gasteiger partial charge in [-0.3, -0.25) is 14.7 Å². The van der Waals surface area contributed by atoms with Crippen LogP contribution < -0.4 is 11.5 Å². The van der Waals surface area contributed by atoms with Crippen LogP contribution in [-0.2, 0) is 11.3 Å². The molecule has 2 aromatic heterocycles. The number of anilines is 1. The van der Waals surface area contributed by atoms with Crippen LogP contribution in [0.25, 0.3) is 32.7 Å². The summed E-state index contributed by atoms with van der Waals surface area (Å²) < 4.78 is 0. The average molecular weight is 430 g/mol. The predicted molar refractivity (Wildman–Crippen MR) is 120 cm³/mol. The SMILES string of the molecule is C=C(CN1Cc2c(-c3ccc4[nH]nc(-c5nccs5)c4c3)ccc(N)c2C1=O)C(N)=O. The number of benzene rings is 2. The number of thiazole rings is 1. The number of amides is 2. The lowest BCUT2D eigenvalue weighted by Gasteiger charge is -2.15. The maximum atomic E-state index is 13.0. The molecule has 0 spiro atoms. The lowest BCUT2D eigenvalue weighted by Crippen LogP contribution is -2.30. The number of nitrogens with two attached hydrogens (primary N) is 2. The normalized spacial score (nSPS) is 13.0. The van der Waals surface area contributed by atoms with E-state index in [4.69, 9.17) is 11.5 Å². The third-order valence-electron chi connectivity index (χ3n) is 5.43. The number of carbonyl (C=O) groups is 2. The number of fused-ring (bicyclic) bond motifs is 2. The van der Waals surface area contributed by atoms with Gasteiger partial charge >= 0.3 is 0 Å². The van der Waals surface area contributed by atoms with Gasteiger partial charge in [-0.15, -0.1) is 11.3 Å². The molecule has 0 bridgehead atoms. The van der Waals surface area contributed by atoms with Crippen molar-refractivity contribution >= 4 is 39.7 Å². The molecule has 0 fully saturated rings. The molecule has 5 N–H and O–H groups in total. The quantitative estimate of drug-likeness (QED) is 0.331. The molecule has 8 nitrogen and oxygen atoms in total. The van der Waals surface area contributed by atoms with E-state index in [1.165, 1.54) is 16.2 Å². The highest BCUT2D eigenvalue weighted by Crippen LogP contribution is 2.38. The van der Waals surface area contributed by atoms with Crippen LogP contribution >= 0.6 is 11.3 Å². The van der Waals surface area contributed by atoms with Crippen molar-refractivity contribution < 1.29 is 9.59 Å². The minimum absolute atomic E-state index is 0.0662. The molecule has 4 aromatic rings. The first kappa shape index (κ1) is 19.0. The highest BCUT2D eigenvalue weighted by Gasteiger charge is 2.32. The maximum absolute atomic E-state index is 13.0. The number of hydrogen-bond donors (Lipinski definition) is 3. The molecule has 3 heterocycles. The monoisotopic (exact) mass is 430 g/mol. The van der Waals surface area contributed by atoms with Gasteiger partial charge in [-0.25, -0.2) is 4.98 Å². The van der Waals surface area contributed by atoms with Gasteiger partial charge in [0.1, 0.15) is 10.7 Å². The van der Waals surface area contributed by atoms with Crippen molar-refractivity contribution in [1.29, 1.82) is 0 Å². The smallest absolute Gasteiger partial charge is 0.256 e. The van der Waals surface area contributed by atoms with E-state index in [1.54, 1.807) is 12.3 Å². The Morgan fingerprint density at radius 3 is 2.87 bits per heavy atom. The van der Waals surface area contributed by atoms with Crippen LogP contribution in [0.15, 0.2) is 54.1 Å². The first-order valence-electron chi connectivity index (χ1n) is 9.50. The van der Waals surface area contributed by atoms with Crippen molar-refractivity contribution in [3.05, 3.63) is 65.2 Å². The average Bonchev–Trinajstić information content (AvgIpc) is 3.47. The zero-order chi connectivity index (χ0) is 21.7. The topological polar surface area (TPSA) is 131 Å². The molecule has 9 heteroatoms. The molecule has 0 saturated carbocycles. The molecule has 0 atom stereocenters. The Morgan fingerprint density at radius 2 is 2.13 bits per heavy atom. The fourth-order valence-electron chi connectivity index (χ4n) is 3.89. The first-order chi connectivity index (χ1) is 14.9.